The molecule has 2 rings (SSSR count). The van der Waals surface area contributed by atoms with Crippen molar-refractivity contribution in [3.05, 3.63) is 35.1 Å². The molecule has 0 saturated heterocycles. The molecule has 1 aliphatic carbocycles. The first kappa shape index (κ1) is 16.5. The summed E-state index contributed by atoms with van der Waals surface area (Å²) in [5, 5.41) is -0.713. The number of halogens is 2. The Hall–Kier alpha value is -0.890. The molecule has 0 bridgehead atoms. The monoisotopic (exact) mass is 310 g/mol. The molecule has 1 aromatic carbocycles. The SMILES string of the molecule is CCCC1CCC(CCc2cccc(C(=O)Cl)c2F)CC1. The number of carbonyl (C=O) groups is 1. The fourth-order valence-corrected chi connectivity index (χ4v) is 3.65. The number of carbonyl (C=O) groups excluding carboxylic acids is 1. The number of benzene rings is 1. The summed E-state index contributed by atoms with van der Waals surface area (Å²) >= 11 is 5.40. The molecule has 0 N–H and O–H groups in total. The predicted octanol–water partition coefficient (Wildman–Crippen LogP) is 5.74. The lowest BCUT2D eigenvalue weighted by molar-refractivity contribution is 0.107. The van der Waals surface area contributed by atoms with Crippen molar-refractivity contribution in [1.82, 2.24) is 0 Å². The lowest BCUT2D eigenvalue weighted by Crippen LogP contribution is -2.15. The van der Waals surface area contributed by atoms with Crippen LogP contribution in [-0.4, -0.2) is 5.24 Å². The Morgan fingerprint density at radius 2 is 1.81 bits per heavy atom. The second-order valence-electron chi connectivity index (χ2n) is 6.27. The zero-order valence-electron chi connectivity index (χ0n) is 12.7. The van der Waals surface area contributed by atoms with E-state index in [-0.39, 0.29) is 5.56 Å². The molecule has 0 aliphatic heterocycles. The largest absolute Gasteiger partial charge is 0.275 e. The van der Waals surface area contributed by atoms with Crippen molar-refractivity contribution in [2.75, 3.05) is 0 Å². The first-order valence-electron chi connectivity index (χ1n) is 8.09. The summed E-state index contributed by atoms with van der Waals surface area (Å²) in [6.07, 6.45) is 9.51. The van der Waals surface area contributed by atoms with Gasteiger partial charge >= 0.3 is 0 Å². The van der Waals surface area contributed by atoms with Gasteiger partial charge in [0.15, 0.2) is 0 Å². The van der Waals surface area contributed by atoms with Gasteiger partial charge in [-0.3, -0.25) is 4.79 Å². The summed E-state index contributed by atoms with van der Waals surface area (Å²) in [6, 6.07) is 4.93. The maximum Gasteiger partial charge on any atom is 0.255 e. The Morgan fingerprint density at radius 3 is 2.38 bits per heavy atom. The van der Waals surface area contributed by atoms with Crippen LogP contribution in [0.4, 0.5) is 4.39 Å². The van der Waals surface area contributed by atoms with E-state index in [1.54, 1.807) is 12.1 Å². The Morgan fingerprint density at radius 1 is 1.19 bits per heavy atom. The van der Waals surface area contributed by atoms with Crippen LogP contribution in [0.15, 0.2) is 18.2 Å². The highest BCUT2D eigenvalue weighted by Crippen LogP contribution is 2.34. The van der Waals surface area contributed by atoms with Crippen LogP contribution in [0, 0.1) is 17.7 Å². The average Bonchev–Trinajstić information content (AvgIpc) is 2.48. The summed E-state index contributed by atoms with van der Waals surface area (Å²) in [6.45, 7) is 2.25. The van der Waals surface area contributed by atoms with Gasteiger partial charge in [0.1, 0.15) is 5.82 Å². The smallest absolute Gasteiger partial charge is 0.255 e. The third-order valence-electron chi connectivity index (χ3n) is 4.78. The molecule has 1 aromatic rings. The molecule has 0 heterocycles. The van der Waals surface area contributed by atoms with Crippen LogP contribution in [0.5, 0.6) is 0 Å². The fraction of sp³-hybridized carbons (Fsp3) is 0.611. The van der Waals surface area contributed by atoms with Gasteiger partial charge in [0.2, 0.25) is 0 Å². The van der Waals surface area contributed by atoms with Crippen LogP contribution in [0.25, 0.3) is 0 Å². The molecular weight excluding hydrogens is 287 g/mol. The second-order valence-corrected chi connectivity index (χ2v) is 6.61. The van der Waals surface area contributed by atoms with Crippen LogP contribution in [-0.2, 0) is 6.42 Å². The Bertz CT molecular complexity index is 478. The zero-order chi connectivity index (χ0) is 15.2. The summed E-state index contributed by atoms with van der Waals surface area (Å²) in [7, 11) is 0. The topological polar surface area (TPSA) is 17.1 Å². The maximum atomic E-state index is 14.1. The van der Waals surface area contributed by atoms with Gasteiger partial charge in [-0.15, -0.1) is 0 Å². The van der Waals surface area contributed by atoms with E-state index in [2.05, 4.69) is 6.92 Å². The van der Waals surface area contributed by atoms with E-state index in [0.29, 0.717) is 17.9 Å². The minimum absolute atomic E-state index is 0.000760. The van der Waals surface area contributed by atoms with Gasteiger partial charge in [-0.05, 0) is 47.9 Å². The summed E-state index contributed by atoms with van der Waals surface area (Å²) < 4.78 is 14.1. The fourth-order valence-electron chi connectivity index (χ4n) is 3.50. The van der Waals surface area contributed by atoms with E-state index >= 15 is 0 Å². The van der Waals surface area contributed by atoms with Crippen LogP contribution in [0.2, 0.25) is 0 Å². The van der Waals surface area contributed by atoms with E-state index in [0.717, 1.165) is 12.3 Å². The molecule has 1 aliphatic rings. The van der Waals surface area contributed by atoms with Gasteiger partial charge in [-0.2, -0.15) is 0 Å². The van der Waals surface area contributed by atoms with Crippen molar-refractivity contribution in [2.24, 2.45) is 11.8 Å². The molecule has 0 amide bonds. The summed E-state index contributed by atoms with van der Waals surface area (Å²) in [4.78, 5) is 11.1. The van der Waals surface area contributed by atoms with E-state index < -0.39 is 11.1 Å². The molecule has 1 fully saturated rings. The first-order valence-corrected chi connectivity index (χ1v) is 8.46. The number of rotatable bonds is 6. The minimum Gasteiger partial charge on any atom is -0.275 e. The molecule has 21 heavy (non-hydrogen) atoms. The van der Waals surface area contributed by atoms with Gasteiger partial charge in [0.05, 0.1) is 5.56 Å². The average molecular weight is 311 g/mol. The Kier molecular flexibility index (Phi) is 6.22. The summed E-state index contributed by atoms with van der Waals surface area (Å²) in [5.41, 5.74) is 0.623. The predicted molar refractivity (Wildman–Crippen MR) is 85.3 cm³/mol. The van der Waals surface area contributed by atoms with Crippen molar-refractivity contribution >= 4 is 16.8 Å². The van der Waals surface area contributed by atoms with E-state index in [1.807, 2.05) is 0 Å². The Balaban J connectivity index is 1.87. The molecule has 3 heteroatoms. The van der Waals surface area contributed by atoms with Gasteiger partial charge < -0.3 is 0 Å². The quantitative estimate of drug-likeness (QED) is 0.612. The number of hydrogen-bond donors (Lipinski definition) is 0. The van der Waals surface area contributed by atoms with Gasteiger partial charge in [0, 0.05) is 0 Å². The highest BCUT2D eigenvalue weighted by Gasteiger charge is 2.21. The van der Waals surface area contributed by atoms with Crippen LogP contribution < -0.4 is 0 Å². The zero-order valence-corrected chi connectivity index (χ0v) is 13.5. The molecule has 1 nitrogen and oxygen atoms in total. The van der Waals surface area contributed by atoms with Crippen LogP contribution >= 0.6 is 11.6 Å². The molecule has 0 unspecified atom stereocenters. The molecule has 1 saturated carbocycles. The minimum atomic E-state index is -0.713. The van der Waals surface area contributed by atoms with Crippen LogP contribution in [0.3, 0.4) is 0 Å². The lowest BCUT2D eigenvalue weighted by Gasteiger charge is -2.28. The Labute approximate surface area is 131 Å². The van der Waals surface area contributed by atoms with Crippen molar-refractivity contribution in [3.63, 3.8) is 0 Å². The van der Waals surface area contributed by atoms with Gasteiger partial charge in [0.25, 0.3) is 5.24 Å². The molecule has 0 aromatic heterocycles. The second kappa shape index (κ2) is 7.93. The first-order chi connectivity index (χ1) is 10.1. The van der Waals surface area contributed by atoms with Crippen LogP contribution in [0.1, 0.15) is 67.8 Å². The standard InChI is InChI=1S/C18H24ClFO/c1-2-4-13-7-9-14(10-8-13)11-12-15-5-3-6-16(17(15)20)18(19)21/h3,5-6,13-14H,2,4,7-12H2,1H3. The third kappa shape index (κ3) is 4.54. The van der Waals surface area contributed by atoms with Gasteiger partial charge in [-0.1, -0.05) is 57.6 Å². The highest BCUT2D eigenvalue weighted by atomic mass is 35.5. The van der Waals surface area contributed by atoms with Crippen molar-refractivity contribution < 1.29 is 9.18 Å². The molecule has 0 atom stereocenters. The molecule has 0 radical (unpaired) electrons. The normalized spacial score (nSPS) is 22.2. The third-order valence-corrected chi connectivity index (χ3v) is 4.98. The number of hydrogen-bond acceptors (Lipinski definition) is 1. The van der Waals surface area contributed by atoms with E-state index in [1.165, 1.54) is 44.6 Å². The molecule has 116 valence electrons. The molecular formula is C18H24ClFO. The number of aryl methyl sites for hydroxylation is 1. The highest BCUT2D eigenvalue weighted by molar-refractivity contribution is 6.67. The van der Waals surface area contributed by atoms with Gasteiger partial charge in [-0.25, -0.2) is 4.39 Å². The maximum absolute atomic E-state index is 14.1. The molecule has 0 spiro atoms. The van der Waals surface area contributed by atoms with E-state index in [9.17, 15) is 9.18 Å². The van der Waals surface area contributed by atoms with Crippen molar-refractivity contribution in [2.45, 2.75) is 58.3 Å². The van der Waals surface area contributed by atoms with E-state index in [4.69, 9.17) is 11.6 Å². The lowest BCUT2D eigenvalue weighted by atomic mass is 9.78. The van der Waals surface area contributed by atoms with Crippen molar-refractivity contribution in [3.8, 4) is 0 Å². The summed E-state index contributed by atoms with van der Waals surface area (Å²) in [5.74, 6) is 1.17. The van der Waals surface area contributed by atoms with Crippen molar-refractivity contribution in [1.29, 1.82) is 0 Å².